The van der Waals surface area contributed by atoms with Gasteiger partial charge in [0.1, 0.15) is 11.5 Å². The summed E-state index contributed by atoms with van der Waals surface area (Å²) in [7, 11) is 3.18. The summed E-state index contributed by atoms with van der Waals surface area (Å²) in [5, 5.41) is 7.62. The standard InChI is InChI=1S/C22H22N2O4S/c1-14(18-13-17(27-2)10-11-19(18)28-3)23-21(25)15-6-8-16(9-7-15)24-22(26)20-5-4-12-29-20/h4-14H,1-3H3,(H,23,25)(H,24,26)/t14-/m0/s1. The maximum atomic E-state index is 12.6. The van der Waals surface area contributed by atoms with Crippen molar-refractivity contribution in [3.05, 3.63) is 76.0 Å². The number of benzene rings is 2. The second-order valence-electron chi connectivity index (χ2n) is 6.31. The Morgan fingerprint density at radius 2 is 1.72 bits per heavy atom. The number of hydrogen-bond acceptors (Lipinski definition) is 5. The van der Waals surface area contributed by atoms with Crippen molar-refractivity contribution in [3.8, 4) is 11.5 Å². The monoisotopic (exact) mass is 410 g/mol. The average Bonchev–Trinajstić information content (AvgIpc) is 3.28. The van der Waals surface area contributed by atoms with Gasteiger partial charge in [-0.3, -0.25) is 9.59 Å². The summed E-state index contributed by atoms with van der Waals surface area (Å²) in [5.74, 6) is 0.965. The second kappa shape index (κ2) is 9.25. The Hall–Kier alpha value is -3.32. The summed E-state index contributed by atoms with van der Waals surface area (Å²) in [6, 6.07) is 15.5. The first-order chi connectivity index (χ1) is 14.0. The zero-order valence-corrected chi connectivity index (χ0v) is 17.2. The van der Waals surface area contributed by atoms with Gasteiger partial charge in [0, 0.05) is 16.8 Å². The first-order valence-electron chi connectivity index (χ1n) is 8.99. The van der Waals surface area contributed by atoms with Gasteiger partial charge in [0.15, 0.2) is 0 Å². The third-order valence-corrected chi connectivity index (χ3v) is 5.27. The van der Waals surface area contributed by atoms with Crippen LogP contribution in [0, 0.1) is 0 Å². The van der Waals surface area contributed by atoms with E-state index in [0.717, 1.165) is 5.56 Å². The van der Waals surface area contributed by atoms with Gasteiger partial charge in [-0.15, -0.1) is 11.3 Å². The molecule has 2 amide bonds. The number of anilines is 1. The van der Waals surface area contributed by atoms with Crippen LogP contribution in [0.15, 0.2) is 60.0 Å². The number of thiophene rings is 1. The quantitative estimate of drug-likeness (QED) is 0.601. The van der Waals surface area contributed by atoms with Crippen LogP contribution in [-0.2, 0) is 0 Å². The molecule has 3 rings (SSSR count). The number of rotatable bonds is 7. The van der Waals surface area contributed by atoms with Crippen molar-refractivity contribution >= 4 is 28.8 Å². The smallest absolute Gasteiger partial charge is 0.265 e. The van der Waals surface area contributed by atoms with Gasteiger partial charge in [-0.25, -0.2) is 0 Å². The number of hydrogen-bond donors (Lipinski definition) is 2. The molecule has 29 heavy (non-hydrogen) atoms. The molecule has 6 nitrogen and oxygen atoms in total. The second-order valence-corrected chi connectivity index (χ2v) is 7.26. The molecule has 2 N–H and O–H groups in total. The molecule has 0 fully saturated rings. The number of carbonyl (C=O) groups excluding carboxylic acids is 2. The molecular formula is C22H22N2O4S. The lowest BCUT2D eigenvalue weighted by molar-refractivity contribution is 0.0939. The van der Waals surface area contributed by atoms with Gasteiger partial charge in [0.25, 0.3) is 11.8 Å². The fourth-order valence-electron chi connectivity index (χ4n) is 2.84. The van der Waals surface area contributed by atoms with E-state index in [4.69, 9.17) is 9.47 Å². The highest BCUT2D eigenvalue weighted by atomic mass is 32.1. The van der Waals surface area contributed by atoms with Gasteiger partial charge in [-0.1, -0.05) is 6.07 Å². The van der Waals surface area contributed by atoms with Crippen molar-refractivity contribution in [1.29, 1.82) is 0 Å². The minimum atomic E-state index is -0.286. The third-order valence-electron chi connectivity index (χ3n) is 4.40. The summed E-state index contributed by atoms with van der Waals surface area (Å²) in [6.07, 6.45) is 0. The van der Waals surface area contributed by atoms with E-state index in [9.17, 15) is 9.59 Å². The molecule has 2 aromatic carbocycles. The molecule has 0 unspecified atom stereocenters. The van der Waals surface area contributed by atoms with Crippen LogP contribution in [0.2, 0.25) is 0 Å². The number of methoxy groups -OCH3 is 2. The van der Waals surface area contributed by atoms with Crippen LogP contribution in [0.25, 0.3) is 0 Å². The van der Waals surface area contributed by atoms with Crippen LogP contribution in [-0.4, -0.2) is 26.0 Å². The predicted octanol–water partition coefficient (Wildman–Crippen LogP) is 4.51. The Labute approximate surface area is 173 Å². The number of amides is 2. The van der Waals surface area contributed by atoms with E-state index in [0.29, 0.717) is 27.6 Å². The van der Waals surface area contributed by atoms with E-state index in [1.54, 1.807) is 50.6 Å². The zero-order chi connectivity index (χ0) is 20.8. The van der Waals surface area contributed by atoms with Crippen LogP contribution >= 0.6 is 11.3 Å². The lowest BCUT2D eigenvalue weighted by atomic mass is 10.1. The fourth-order valence-corrected chi connectivity index (χ4v) is 3.46. The van der Waals surface area contributed by atoms with Crippen molar-refractivity contribution in [3.63, 3.8) is 0 Å². The number of carbonyl (C=O) groups is 2. The third kappa shape index (κ3) is 4.94. The number of ether oxygens (including phenoxy) is 2. The molecule has 0 aliphatic rings. The van der Waals surface area contributed by atoms with E-state index in [2.05, 4.69) is 10.6 Å². The van der Waals surface area contributed by atoms with Crippen molar-refractivity contribution < 1.29 is 19.1 Å². The van der Waals surface area contributed by atoms with Crippen molar-refractivity contribution in [2.75, 3.05) is 19.5 Å². The molecule has 7 heteroatoms. The van der Waals surface area contributed by atoms with Crippen LogP contribution in [0.1, 0.15) is 38.6 Å². The summed E-state index contributed by atoms with van der Waals surface area (Å²) in [5.41, 5.74) is 1.94. The first-order valence-corrected chi connectivity index (χ1v) is 9.87. The van der Waals surface area contributed by atoms with Gasteiger partial charge in [-0.2, -0.15) is 0 Å². The Bertz CT molecular complexity index is 985. The molecule has 1 atom stereocenters. The Kier molecular flexibility index (Phi) is 6.51. The van der Waals surface area contributed by atoms with Crippen LogP contribution < -0.4 is 20.1 Å². The van der Waals surface area contributed by atoms with Crippen LogP contribution in [0.4, 0.5) is 5.69 Å². The molecule has 150 valence electrons. The molecule has 0 saturated heterocycles. The SMILES string of the molecule is COc1ccc(OC)c([C@H](C)NC(=O)c2ccc(NC(=O)c3cccs3)cc2)c1. The molecule has 0 saturated carbocycles. The minimum absolute atomic E-state index is 0.170. The zero-order valence-electron chi connectivity index (χ0n) is 16.4. The largest absolute Gasteiger partial charge is 0.497 e. The highest BCUT2D eigenvalue weighted by molar-refractivity contribution is 7.12. The van der Waals surface area contributed by atoms with Gasteiger partial charge in [0.2, 0.25) is 0 Å². The highest BCUT2D eigenvalue weighted by Crippen LogP contribution is 2.29. The highest BCUT2D eigenvalue weighted by Gasteiger charge is 2.16. The average molecular weight is 410 g/mol. The van der Waals surface area contributed by atoms with Crippen molar-refractivity contribution in [2.45, 2.75) is 13.0 Å². The predicted molar refractivity (Wildman–Crippen MR) is 114 cm³/mol. The van der Waals surface area contributed by atoms with E-state index in [1.165, 1.54) is 11.3 Å². The normalized spacial score (nSPS) is 11.4. The van der Waals surface area contributed by atoms with Gasteiger partial charge < -0.3 is 20.1 Å². The maximum Gasteiger partial charge on any atom is 0.265 e. The topological polar surface area (TPSA) is 76.7 Å². The van der Waals surface area contributed by atoms with E-state index >= 15 is 0 Å². The van der Waals surface area contributed by atoms with Crippen molar-refractivity contribution in [1.82, 2.24) is 5.32 Å². The Balaban J connectivity index is 1.67. The Morgan fingerprint density at radius 1 is 0.966 bits per heavy atom. The molecule has 1 heterocycles. The minimum Gasteiger partial charge on any atom is -0.497 e. The maximum absolute atomic E-state index is 12.6. The van der Waals surface area contributed by atoms with Crippen molar-refractivity contribution in [2.24, 2.45) is 0 Å². The Morgan fingerprint density at radius 3 is 2.34 bits per heavy atom. The first kappa shape index (κ1) is 20.4. The summed E-state index contributed by atoms with van der Waals surface area (Å²) < 4.78 is 10.7. The molecule has 0 bridgehead atoms. The summed E-state index contributed by atoms with van der Waals surface area (Å²) in [4.78, 5) is 25.4. The number of nitrogens with one attached hydrogen (secondary N) is 2. The van der Waals surface area contributed by atoms with E-state index < -0.39 is 0 Å². The molecule has 0 spiro atoms. The molecule has 0 aliphatic carbocycles. The van der Waals surface area contributed by atoms with Gasteiger partial charge in [0.05, 0.1) is 25.1 Å². The lowest BCUT2D eigenvalue weighted by Crippen LogP contribution is -2.27. The van der Waals surface area contributed by atoms with E-state index in [-0.39, 0.29) is 17.9 Å². The molecule has 0 aliphatic heterocycles. The van der Waals surface area contributed by atoms with Crippen LogP contribution in [0.3, 0.4) is 0 Å². The van der Waals surface area contributed by atoms with Gasteiger partial charge >= 0.3 is 0 Å². The lowest BCUT2D eigenvalue weighted by Gasteiger charge is -2.18. The van der Waals surface area contributed by atoms with E-state index in [1.807, 2.05) is 30.5 Å². The van der Waals surface area contributed by atoms with Crippen LogP contribution in [0.5, 0.6) is 11.5 Å². The summed E-state index contributed by atoms with van der Waals surface area (Å²) >= 11 is 1.37. The van der Waals surface area contributed by atoms with Gasteiger partial charge in [-0.05, 0) is 60.8 Å². The molecule has 0 radical (unpaired) electrons. The fraction of sp³-hybridized carbons (Fsp3) is 0.182. The molecular weight excluding hydrogens is 388 g/mol. The summed E-state index contributed by atoms with van der Waals surface area (Å²) in [6.45, 7) is 1.88. The molecule has 1 aromatic heterocycles. The molecule has 3 aromatic rings.